The standard InChI is InChI=1S/C12H9Br12N3O3/c1-7(13,14)10(19,20)25-4(28)26(11(21,22)8(2,15)16)6(30)27(5(25)29)12(23,24)9(3,17)18/h1-3H3. The van der Waals surface area contributed by atoms with Crippen molar-refractivity contribution in [1.82, 2.24) is 13.7 Å². The summed E-state index contributed by atoms with van der Waals surface area (Å²) in [6.45, 7) is 4.97. The van der Waals surface area contributed by atoms with E-state index >= 15 is 0 Å². The Morgan fingerprint density at radius 1 is 0.433 bits per heavy atom. The van der Waals surface area contributed by atoms with Crippen LogP contribution in [0.2, 0.25) is 0 Å². The lowest BCUT2D eigenvalue weighted by atomic mass is 10.4. The Morgan fingerprint density at radius 2 is 0.567 bits per heavy atom. The number of alkyl halides is 12. The van der Waals surface area contributed by atoms with E-state index in [0.717, 1.165) is 13.7 Å². The monoisotopic (exact) mass is 1190 g/mol. The first-order valence-corrected chi connectivity index (χ1v) is 16.7. The highest BCUT2D eigenvalue weighted by molar-refractivity contribution is 9.31. The summed E-state index contributed by atoms with van der Waals surface area (Å²) >= 11 is 40.7. The normalized spacial score (nSPS) is 14.9. The fraction of sp³-hybridized carbons (Fsp3) is 0.750. The minimum absolute atomic E-state index is 0.837. The van der Waals surface area contributed by atoms with Gasteiger partial charge in [-0.3, -0.25) is 0 Å². The molecule has 0 saturated carbocycles. The molecular formula is C12H9Br12N3O3. The summed E-state index contributed by atoms with van der Waals surface area (Å²) in [5.41, 5.74) is -2.79. The van der Waals surface area contributed by atoms with Crippen LogP contribution in [0.3, 0.4) is 0 Å². The smallest absolute Gasteiger partial charge is 0.247 e. The summed E-state index contributed by atoms with van der Waals surface area (Å²) in [4.78, 5) is 40.7. The van der Waals surface area contributed by atoms with Crippen molar-refractivity contribution in [3.63, 3.8) is 0 Å². The van der Waals surface area contributed by atoms with Crippen molar-refractivity contribution in [3.8, 4) is 0 Å². The molecule has 0 aliphatic carbocycles. The summed E-state index contributed by atoms with van der Waals surface area (Å²) < 4.78 is -5.14. The minimum atomic E-state index is -1.51. The van der Waals surface area contributed by atoms with Crippen LogP contribution in [-0.2, 0) is 10.1 Å². The van der Waals surface area contributed by atoms with Crippen LogP contribution in [0, 0.1) is 0 Å². The summed E-state index contributed by atoms with van der Waals surface area (Å²) in [5.74, 6) is 0. The van der Waals surface area contributed by atoms with E-state index in [1.807, 2.05) is 0 Å². The number of rotatable bonds is 6. The van der Waals surface area contributed by atoms with Gasteiger partial charge in [-0.25, -0.2) is 28.1 Å². The van der Waals surface area contributed by atoms with E-state index in [0.29, 0.717) is 0 Å². The van der Waals surface area contributed by atoms with Crippen molar-refractivity contribution in [2.24, 2.45) is 0 Å². The average molecular weight is 1200 g/mol. The number of halogens is 12. The molecule has 0 amide bonds. The molecule has 18 heteroatoms. The molecule has 0 radical (unpaired) electrons. The topological polar surface area (TPSA) is 66.0 Å². The van der Waals surface area contributed by atoms with Gasteiger partial charge in [-0.15, -0.1) is 0 Å². The lowest BCUT2D eigenvalue weighted by Gasteiger charge is -2.39. The zero-order chi connectivity index (χ0) is 24.5. The predicted molar refractivity (Wildman–Crippen MR) is 165 cm³/mol. The largest absolute Gasteiger partial charge is 0.340 e. The van der Waals surface area contributed by atoms with Gasteiger partial charge in [0.15, 0.2) is 10.1 Å². The molecule has 0 N–H and O–H groups in total. The second-order valence-corrected chi connectivity index (χ2v) is 28.9. The summed E-state index contributed by atoms with van der Waals surface area (Å²) in [7, 11) is 0. The molecule has 6 nitrogen and oxygen atoms in total. The minimum Gasteiger partial charge on any atom is -0.247 e. The summed E-state index contributed by atoms with van der Waals surface area (Å²) in [5, 5.41) is 0. The molecule has 0 fully saturated rings. The highest BCUT2D eigenvalue weighted by Crippen LogP contribution is 2.54. The average Bonchev–Trinajstić information content (AvgIpc) is 2.41. The molecule has 0 atom stereocenters. The van der Waals surface area contributed by atoms with Crippen LogP contribution >= 0.6 is 191 Å². The SMILES string of the molecule is CC(Br)(Br)C(Br)(Br)n1c(=O)n(C(Br)(Br)C(C)(Br)Br)c(=O)n(C(Br)(Br)C(C)(Br)Br)c1=O. The molecule has 0 aromatic carbocycles. The molecule has 30 heavy (non-hydrogen) atoms. The highest BCUT2D eigenvalue weighted by Gasteiger charge is 2.53. The van der Waals surface area contributed by atoms with Gasteiger partial charge in [-0.2, -0.15) is 0 Å². The van der Waals surface area contributed by atoms with Gasteiger partial charge in [0, 0.05) is 0 Å². The first-order chi connectivity index (χ1) is 12.8. The van der Waals surface area contributed by atoms with Crippen LogP contribution in [0.5, 0.6) is 0 Å². The van der Waals surface area contributed by atoms with Gasteiger partial charge >= 0.3 is 17.1 Å². The van der Waals surface area contributed by atoms with Crippen LogP contribution in [0.1, 0.15) is 20.8 Å². The van der Waals surface area contributed by atoms with Crippen LogP contribution in [-0.4, -0.2) is 23.4 Å². The molecule has 0 spiro atoms. The van der Waals surface area contributed by atoms with Gasteiger partial charge in [-0.05, 0) is 116 Å². The van der Waals surface area contributed by atoms with Crippen LogP contribution in [0.15, 0.2) is 14.4 Å². The van der Waals surface area contributed by atoms with E-state index in [1.54, 1.807) is 20.8 Å². The lowest BCUT2D eigenvalue weighted by molar-refractivity contribution is 0.402. The number of aromatic nitrogens is 3. The van der Waals surface area contributed by atoms with Gasteiger partial charge in [0.2, 0.25) is 0 Å². The number of hydrogen-bond donors (Lipinski definition) is 0. The van der Waals surface area contributed by atoms with Gasteiger partial charge in [-0.1, -0.05) is 95.6 Å². The van der Waals surface area contributed by atoms with Crippen molar-refractivity contribution in [2.75, 3.05) is 0 Å². The molecule has 1 aromatic heterocycles. The van der Waals surface area contributed by atoms with Gasteiger partial charge in [0.25, 0.3) is 0 Å². The van der Waals surface area contributed by atoms with E-state index < -0.39 is 36.8 Å². The quantitative estimate of drug-likeness (QED) is 0.273. The number of hydrogen-bond acceptors (Lipinski definition) is 3. The lowest BCUT2D eigenvalue weighted by Crippen LogP contribution is -2.66. The van der Waals surface area contributed by atoms with Gasteiger partial charge in [0.05, 0.1) is 0 Å². The Balaban J connectivity index is 4.50. The maximum Gasteiger partial charge on any atom is 0.340 e. The molecule has 0 bridgehead atoms. The molecule has 1 rings (SSSR count). The van der Waals surface area contributed by atoms with Crippen LogP contribution in [0.25, 0.3) is 0 Å². The zero-order valence-electron chi connectivity index (χ0n) is 14.6. The molecule has 0 aliphatic heterocycles. The first-order valence-electron chi connectivity index (χ1n) is 7.14. The second-order valence-electron chi connectivity index (χ2n) is 6.14. The highest BCUT2D eigenvalue weighted by atomic mass is 79.9. The Bertz CT molecular complexity index is 845. The Morgan fingerprint density at radius 3 is 0.667 bits per heavy atom. The van der Waals surface area contributed by atoms with E-state index in [4.69, 9.17) is 0 Å². The van der Waals surface area contributed by atoms with E-state index in [2.05, 4.69) is 191 Å². The summed E-state index contributed by atoms with van der Waals surface area (Å²) in [6, 6.07) is 0. The van der Waals surface area contributed by atoms with Crippen molar-refractivity contribution < 1.29 is 0 Å². The van der Waals surface area contributed by atoms with Crippen molar-refractivity contribution >= 4 is 191 Å². The third-order valence-electron chi connectivity index (χ3n) is 3.57. The van der Waals surface area contributed by atoms with Crippen molar-refractivity contribution in [1.29, 1.82) is 0 Å². The Kier molecular flexibility index (Phi) is 10.9. The molecule has 0 unspecified atom stereocenters. The molecule has 1 heterocycles. The van der Waals surface area contributed by atoms with Crippen molar-refractivity contribution in [2.45, 2.75) is 40.5 Å². The predicted octanol–water partition coefficient (Wildman–Crippen LogP) is 7.89. The maximum atomic E-state index is 13.6. The molecular weight excluding hydrogens is 1190 g/mol. The van der Waals surface area contributed by atoms with Crippen LogP contribution < -0.4 is 17.1 Å². The third-order valence-corrected chi connectivity index (χ3v) is 20.3. The fourth-order valence-electron chi connectivity index (χ4n) is 1.86. The zero-order valence-corrected chi connectivity index (χ0v) is 33.6. The van der Waals surface area contributed by atoms with Gasteiger partial charge < -0.3 is 0 Å². The maximum absolute atomic E-state index is 13.6. The van der Waals surface area contributed by atoms with Crippen LogP contribution in [0.4, 0.5) is 0 Å². The molecule has 0 saturated heterocycles. The van der Waals surface area contributed by atoms with E-state index in [9.17, 15) is 14.4 Å². The molecule has 0 aliphatic rings. The van der Waals surface area contributed by atoms with E-state index in [-0.39, 0.29) is 0 Å². The Hall–Kier alpha value is 4.17. The molecule has 174 valence electrons. The van der Waals surface area contributed by atoms with Gasteiger partial charge in [0.1, 0.15) is 9.70 Å². The second kappa shape index (κ2) is 10.1. The number of nitrogens with zero attached hydrogens (tertiary/aromatic N) is 3. The summed E-state index contributed by atoms with van der Waals surface area (Å²) in [6.07, 6.45) is 0. The van der Waals surface area contributed by atoms with Crippen molar-refractivity contribution in [3.05, 3.63) is 31.5 Å². The third kappa shape index (κ3) is 5.84. The fourth-order valence-corrected chi connectivity index (χ4v) is 4.74. The first kappa shape index (κ1) is 32.2. The Labute approximate surface area is 272 Å². The molecule has 1 aromatic rings. The van der Waals surface area contributed by atoms with E-state index in [1.165, 1.54) is 0 Å².